The molecule has 5 heteroatoms. The van der Waals surface area contributed by atoms with Crippen LogP contribution >= 0.6 is 0 Å². The standard InChI is InChI=1S/C14H21N5/c1-5-18(13-9-7-6-8-10-13)19-11-16-14(15-3)17(4)12(19)2/h6-12H,5H2,1-4H3. The molecule has 1 aromatic rings. The van der Waals surface area contributed by atoms with Gasteiger partial charge >= 0.3 is 0 Å². The summed E-state index contributed by atoms with van der Waals surface area (Å²) in [5.74, 6) is 0.757. The molecule has 0 N–H and O–H groups in total. The van der Waals surface area contributed by atoms with Crippen LogP contribution in [-0.4, -0.2) is 49.0 Å². The fourth-order valence-electron chi connectivity index (χ4n) is 2.20. The van der Waals surface area contributed by atoms with E-state index < -0.39 is 0 Å². The Labute approximate surface area is 114 Å². The Morgan fingerprint density at radius 3 is 2.58 bits per heavy atom. The molecule has 1 aliphatic heterocycles. The topological polar surface area (TPSA) is 34.4 Å². The van der Waals surface area contributed by atoms with Gasteiger partial charge in [-0.15, -0.1) is 0 Å². The third kappa shape index (κ3) is 2.54. The zero-order chi connectivity index (χ0) is 13.8. The van der Waals surface area contributed by atoms with Crippen LogP contribution in [0.2, 0.25) is 0 Å². The Hall–Kier alpha value is -2.04. The lowest BCUT2D eigenvalue weighted by atomic mass is 10.3. The number of benzene rings is 1. The molecular formula is C14H21N5. The number of hydrogen-bond acceptors (Lipinski definition) is 3. The average molecular weight is 259 g/mol. The zero-order valence-corrected chi connectivity index (χ0v) is 12.0. The summed E-state index contributed by atoms with van der Waals surface area (Å²) in [6.07, 6.45) is 2.03. The van der Waals surface area contributed by atoms with E-state index in [2.05, 4.69) is 50.9 Å². The maximum Gasteiger partial charge on any atom is 0.223 e. The summed E-state index contributed by atoms with van der Waals surface area (Å²) in [6, 6.07) is 10.3. The van der Waals surface area contributed by atoms with Crippen molar-refractivity contribution in [1.29, 1.82) is 0 Å². The van der Waals surface area contributed by atoms with Crippen LogP contribution in [0, 0.1) is 0 Å². The second-order valence-corrected chi connectivity index (χ2v) is 4.44. The first-order valence-electron chi connectivity index (χ1n) is 6.53. The second kappa shape index (κ2) is 5.73. The van der Waals surface area contributed by atoms with E-state index in [1.807, 2.05) is 31.6 Å². The lowest BCUT2D eigenvalue weighted by Crippen LogP contribution is -2.57. The molecule has 1 aromatic carbocycles. The van der Waals surface area contributed by atoms with E-state index in [1.54, 1.807) is 7.05 Å². The van der Waals surface area contributed by atoms with Crippen LogP contribution in [0.5, 0.6) is 0 Å². The van der Waals surface area contributed by atoms with Crippen molar-refractivity contribution in [3.63, 3.8) is 0 Å². The van der Waals surface area contributed by atoms with Crippen molar-refractivity contribution < 1.29 is 0 Å². The van der Waals surface area contributed by atoms with E-state index in [0.29, 0.717) is 0 Å². The summed E-state index contributed by atoms with van der Waals surface area (Å²) >= 11 is 0. The lowest BCUT2D eigenvalue weighted by molar-refractivity contribution is 0.183. The predicted octanol–water partition coefficient (Wildman–Crippen LogP) is 2.04. The van der Waals surface area contributed by atoms with Gasteiger partial charge in [-0.05, 0) is 26.0 Å². The SMILES string of the molecule is CCN(c1ccccc1)N1C=NC(=NC)N(C)C1C. The molecule has 19 heavy (non-hydrogen) atoms. The van der Waals surface area contributed by atoms with Crippen LogP contribution in [0.15, 0.2) is 40.3 Å². The first kappa shape index (κ1) is 13.4. The van der Waals surface area contributed by atoms with Crippen molar-refractivity contribution >= 4 is 18.0 Å². The minimum Gasteiger partial charge on any atom is -0.322 e. The number of nitrogens with zero attached hydrogens (tertiary/aromatic N) is 5. The van der Waals surface area contributed by atoms with Gasteiger partial charge in [-0.3, -0.25) is 15.0 Å². The molecule has 0 aliphatic carbocycles. The van der Waals surface area contributed by atoms with Crippen LogP contribution < -0.4 is 5.01 Å². The quantitative estimate of drug-likeness (QED) is 0.833. The smallest absolute Gasteiger partial charge is 0.223 e. The van der Waals surface area contributed by atoms with Crippen LogP contribution in [0.1, 0.15) is 13.8 Å². The molecule has 1 atom stereocenters. The highest BCUT2D eigenvalue weighted by Gasteiger charge is 2.26. The molecule has 1 unspecified atom stereocenters. The normalized spacial score (nSPS) is 21.1. The lowest BCUT2D eigenvalue weighted by Gasteiger charge is -2.44. The fraction of sp³-hybridized carbons (Fsp3) is 0.429. The molecule has 0 radical (unpaired) electrons. The van der Waals surface area contributed by atoms with Gasteiger partial charge in [0.1, 0.15) is 12.5 Å². The molecule has 5 nitrogen and oxygen atoms in total. The highest BCUT2D eigenvalue weighted by atomic mass is 15.7. The number of hydrogen-bond donors (Lipinski definition) is 0. The molecule has 0 saturated heterocycles. The third-order valence-electron chi connectivity index (χ3n) is 3.38. The molecule has 0 spiro atoms. The summed E-state index contributed by atoms with van der Waals surface area (Å²) < 4.78 is 0. The Morgan fingerprint density at radius 1 is 1.32 bits per heavy atom. The number of anilines is 1. The minimum atomic E-state index is 0.177. The maximum absolute atomic E-state index is 4.39. The van der Waals surface area contributed by atoms with Crippen molar-refractivity contribution in [2.24, 2.45) is 9.98 Å². The molecule has 0 amide bonds. The fourth-order valence-corrected chi connectivity index (χ4v) is 2.20. The van der Waals surface area contributed by atoms with Gasteiger partial charge in [-0.25, -0.2) is 4.99 Å². The van der Waals surface area contributed by atoms with Crippen LogP contribution in [-0.2, 0) is 0 Å². The molecule has 0 aromatic heterocycles. The molecule has 1 aliphatic rings. The van der Waals surface area contributed by atoms with Gasteiger partial charge in [-0.2, -0.15) is 0 Å². The van der Waals surface area contributed by atoms with Crippen LogP contribution in [0.4, 0.5) is 5.69 Å². The highest BCUT2D eigenvalue weighted by molar-refractivity contribution is 5.89. The summed E-state index contributed by atoms with van der Waals surface area (Å²) in [5.41, 5.74) is 1.16. The van der Waals surface area contributed by atoms with Crippen LogP contribution in [0.3, 0.4) is 0 Å². The van der Waals surface area contributed by atoms with E-state index in [-0.39, 0.29) is 6.17 Å². The molecule has 0 saturated carbocycles. The molecule has 0 bridgehead atoms. The number of aliphatic imine (C=N–C) groups is 2. The average Bonchev–Trinajstić information content (AvgIpc) is 2.45. The number of para-hydroxylation sites is 1. The predicted molar refractivity (Wildman–Crippen MR) is 80.4 cm³/mol. The van der Waals surface area contributed by atoms with Crippen molar-refractivity contribution in [3.05, 3.63) is 30.3 Å². The second-order valence-electron chi connectivity index (χ2n) is 4.44. The molecule has 102 valence electrons. The molecule has 2 rings (SSSR count). The van der Waals surface area contributed by atoms with E-state index in [0.717, 1.165) is 18.2 Å². The third-order valence-corrected chi connectivity index (χ3v) is 3.38. The van der Waals surface area contributed by atoms with Crippen molar-refractivity contribution in [3.8, 4) is 0 Å². The van der Waals surface area contributed by atoms with E-state index in [9.17, 15) is 0 Å². The Balaban J connectivity index is 2.30. The summed E-state index contributed by atoms with van der Waals surface area (Å²) in [6.45, 7) is 5.16. The van der Waals surface area contributed by atoms with Crippen molar-refractivity contribution in [1.82, 2.24) is 9.91 Å². The highest BCUT2D eigenvalue weighted by Crippen LogP contribution is 2.19. The van der Waals surface area contributed by atoms with Gasteiger partial charge < -0.3 is 4.90 Å². The van der Waals surface area contributed by atoms with Crippen LogP contribution in [0.25, 0.3) is 0 Å². The van der Waals surface area contributed by atoms with Gasteiger partial charge in [0.25, 0.3) is 0 Å². The summed E-state index contributed by atoms with van der Waals surface area (Å²) in [7, 11) is 3.77. The summed E-state index contributed by atoms with van der Waals surface area (Å²) in [4.78, 5) is 10.6. The number of hydrazine groups is 1. The van der Waals surface area contributed by atoms with E-state index in [1.165, 1.54) is 0 Å². The first-order valence-corrected chi connectivity index (χ1v) is 6.53. The van der Waals surface area contributed by atoms with Gasteiger partial charge in [-0.1, -0.05) is 18.2 Å². The van der Waals surface area contributed by atoms with Gasteiger partial charge in [0.2, 0.25) is 5.96 Å². The molecular weight excluding hydrogens is 238 g/mol. The Kier molecular flexibility index (Phi) is 4.04. The van der Waals surface area contributed by atoms with Crippen molar-refractivity contribution in [2.45, 2.75) is 20.0 Å². The molecule has 0 fully saturated rings. The maximum atomic E-state index is 4.39. The first-order chi connectivity index (χ1) is 9.19. The summed E-state index contributed by atoms with van der Waals surface area (Å²) in [5, 5.41) is 4.33. The monoisotopic (exact) mass is 259 g/mol. The zero-order valence-electron chi connectivity index (χ0n) is 12.0. The number of rotatable bonds is 3. The number of guanidine groups is 1. The van der Waals surface area contributed by atoms with Crippen molar-refractivity contribution in [2.75, 3.05) is 25.6 Å². The van der Waals surface area contributed by atoms with Gasteiger partial charge in [0.15, 0.2) is 0 Å². The van der Waals surface area contributed by atoms with E-state index in [4.69, 9.17) is 0 Å². The Bertz CT molecular complexity index is 468. The minimum absolute atomic E-state index is 0.177. The van der Waals surface area contributed by atoms with E-state index >= 15 is 0 Å². The van der Waals surface area contributed by atoms with Gasteiger partial charge in [0.05, 0.1) is 5.69 Å². The largest absolute Gasteiger partial charge is 0.322 e. The van der Waals surface area contributed by atoms with Gasteiger partial charge in [0, 0.05) is 20.6 Å². The molecule has 1 heterocycles. The Morgan fingerprint density at radius 2 is 2.00 bits per heavy atom.